The molecule has 7 nitrogen and oxygen atoms in total. The fourth-order valence-corrected chi connectivity index (χ4v) is 4.94. The molecule has 1 saturated heterocycles. The zero-order chi connectivity index (χ0) is 23.6. The van der Waals surface area contributed by atoms with Crippen molar-refractivity contribution in [1.82, 2.24) is 9.62 Å². The quantitative estimate of drug-likeness (QED) is 0.668. The molecule has 0 aromatic heterocycles. The van der Waals surface area contributed by atoms with Gasteiger partial charge in [0.05, 0.1) is 0 Å². The summed E-state index contributed by atoms with van der Waals surface area (Å²) < 4.78 is 65.1. The van der Waals surface area contributed by atoms with Crippen molar-refractivity contribution in [2.24, 2.45) is 0 Å². The Labute approximate surface area is 180 Å². The topological polar surface area (TPSA) is 95.6 Å². The average molecular weight is 464 g/mol. The molecule has 2 rings (SSSR count). The fourth-order valence-electron chi connectivity index (χ4n) is 3.60. The second-order valence-corrected chi connectivity index (χ2v) is 10.1. The van der Waals surface area contributed by atoms with Crippen LogP contribution in [0, 0.1) is 0 Å². The number of hydrogen-bond donors (Lipinski definition) is 2. The standard InChI is InChI=1S/C20H28F3N3O4S/c1-12(2)14-7-5-8-15(13(3)4)17(14)24-19(28)25-31(29,30)16-9-6-10-26(18(16)27)11-20(21,22)23/h5,7-8,12-13,16H,6,9-11H2,1-4H3,(H2,24,25,28). The number of urea groups is 1. The Hall–Kier alpha value is -2.30. The highest BCUT2D eigenvalue weighted by atomic mass is 32.2. The van der Waals surface area contributed by atoms with Crippen molar-refractivity contribution in [3.05, 3.63) is 29.3 Å². The van der Waals surface area contributed by atoms with Crippen LogP contribution in [-0.2, 0) is 14.8 Å². The van der Waals surface area contributed by atoms with Crippen molar-refractivity contribution in [2.45, 2.75) is 63.8 Å². The van der Waals surface area contributed by atoms with Crippen molar-refractivity contribution < 1.29 is 31.2 Å². The summed E-state index contributed by atoms with van der Waals surface area (Å²) in [6.07, 6.45) is -4.71. The average Bonchev–Trinajstić information content (AvgIpc) is 2.61. The lowest BCUT2D eigenvalue weighted by atomic mass is 9.93. The molecule has 1 aliphatic rings. The maximum absolute atomic E-state index is 12.7. The van der Waals surface area contributed by atoms with E-state index in [-0.39, 0.29) is 31.2 Å². The first-order valence-corrected chi connectivity index (χ1v) is 11.6. The van der Waals surface area contributed by atoms with Crippen LogP contribution in [0.25, 0.3) is 0 Å². The number of carbonyl (C=O) groups excluding carboxylic acids is 2. The van der Waals surface area contributed by atoms with E-state index < -0.39 is 39.9 Å². The molecule has 174 valence electrons. The summed E-state index contributed by atoms with van der Waals surface area (Å²) in [5.41, 5.74) is 2.10. The molecule has 31 heavy (non-hydrogen) atoms. The number of halogens is 3. The number of carbonyl (C=O) groups is 2. The highest BCUT2D eigenvalue weighted by Gasteiger charge is 2.43. The third kappa shape index (κ3) is 6.34. The van der Waals surface area contributed by atoms with Crippen LogP contribution in [0.1, 0.15) is 63.5 Å². The largest absolute Gasteiger partial charge is 0.406 e. The number of hydrogen-bond acceptors (Lipinski definition) is 4. The number of para-hydroxylation sites is 1. The molecule has 0 aliphatic carbocycles. The summed E-state index contributed by atoms with van der Waals surface area (Å²) in [4.78, 5) is 25.4. The van der Waals surface area contributed by atoms with Gasteiger partial charge in [-0.15, -0.1) is 0 Å². The molecule has 3 amide bonds. The third-order valence-electron chi connectivity index (χ3n) is 5.07. The number of likely N-dealkylation sites (tertiary alicyclic amines) is 1. The SMILES string of the molecule is CC(C)c1cccc(C(C)C)c1NC(=O)NS(=O)(=O)C1CCCN(CC(F)(F)F)C1=O. The number of amides is 3. The van der Waals surface area contributed by atoms with Gasteiger partial charge < -0.3 is 10.2 Å². The molecule has 0 radical (unpaired) electrons. The maximum Gasteiger partial charge on any atom is 0.406 e. The predicted molar refractivity (Wildman–Crippen MR) is 111 cm³/mol. The van der Waals surface area contributed by atoms with E-state index in [0.717, 1.165) is 11.1 Å². The van der Waals surface area contributed by atoms with Gasteiger partial charge in [0.1, 0.15) is 6.54 Å². The number of nitrogens with one attached hydrogen (secondary N) is 2. The summed E-state index contributed by atoms with van der Waals surface area (Å²) >= 11 is 0. The first-order valence-electron chi connectivity index (χ1n) is 10.0. The smallest absolute Gasteiger partial charge is 0.332 e. The van der Waals surface area contributed by atoms with E-state index in [2.05, 4.69) is 5.32 Å². The van der Waals surface area contributed by atoms with E-state index in [0.29, 0.717) is 10.6 Å². The Morgan fingerprint density at radius 2 is 1.71 bits per heavy atom. The molecule has 0 spiro atoms. The molecule has 1 fully saturated rings. The van der Waals surface area contributed by atoms with Crippen LogP contribution in [0.15, 0.2) is 18.2 Å². The van der Waals surface area contributed by atoms with E-state index in [1.165, 1.54) is 0 Å². The van der Waals surface area contributed by atoms with Crippen LogP contribution in [0.2, 0.25) is 0 Å². The molecule has 11 heteroatoms. The van der Waals surface area contributed by atoms with Gasteiger partial charge >= 0.3 is 12.2 Å². The van der Waals surface area contributed by atoms with E-state index in [9.17, 15) is 31.2 Å². The number of nitrogens with zero attached hydrogens (tertiary/aromatic N) is 1. The molecule has 1 unspecified atom stereocenters. The van der Waals surface area contributed by atoms with Crippen molar-refractivity contribution in [3.63, 3.8) is 0 Å². The van der Waals surface area contributed by atoms with Gasteiger partial charge in [0.2, 0.25) is 15.9 Å². The molecule has 1 aromatic carbocycles. The number of alkyl halides is 3. The third-order valence-corrected chi connectivity index (χ3v) is 6.73. The monoisotopic (exact) mass is 463 g/mol. The van der Waals surface area contributed by atoms with Gasteiger partial charge in [0.15, 0.2) is 5.25 Å². The van der Waals surface area contributed by atoms with E-state index in [1.54, 1.807) is 0 Å². The van der Waals surface area contributed by atoms with Gasteiger partial charge in [-0.1, -0.05) is 45.9 Å². The predicted octanol–water partition coefficient (Wildman–Crippen LogP) is 3.94. The normalized spacial score (nSPS) is 17.9. The first-order chi connectivity index (χ1) is 14.2. The van der Waals surface area contributed by atoms with E-state index in [1.807, 2.05) is 50.6 Å². The zero-order valence-electron chi connectivity index (χ0n) is 17.9. The van der Waals surface area contributed by atoms with Gasteiger partial charge in [-0.2, -0.15) is 13.2 Å². The second kappa shape index (κ2) is 9.46. The zero-order valence-corrected chi connectivity index (χ0v) is 18.7. The summed E-state index contributed by atoms with van der Waals surface area (Å²) in [6.45, 7) is 5.99. The highest BCUT2D eigenvalue weighted by molar-refractivity contribution is 7.91. The van der Waals surface area contributed by atoms with E-state index in [4.69, 9.17) is 0 Å². The highest BCUT2D eigenvalue weighted by Crippen LogP contribution is 2.32. The van der Waals surface area contributed by atoms with Crippen LogP contribution < -0.4 is 10.0 Å². The Morgan fingerprint density at radius 3 is 2.19 bits per heavy atom. The Bertz CT molecular complexity index is 904. The maximum atomic E-state index is 12.7. The molecule has 1 atom stereocenters. The number of anilines is 1. The number of rotatable bonds is 6. The van der Waals surface area contributed by atoms with Crippen LogP contribution >= 0.6 is 0 Å². The van der Waals surface area contributed by atoms with Gasteiger partial charge in [-0.05, 0) is 35.8 Å². The number of sulfonamides is 1. The minimum atomic E-state index is -4.64. The molecule has 1 aromatic rings. The van der Waals surface area contributed by atoms with Gasteiger partial charge in [-0.3, -0.25) is 4.79 Å². The molecule has 0 saturated carbocycles. The van der Waals surface area contributed by atoms with Gasteiger partial charge in [0, 0.05) is 12.2 Å². The fraction of sp³-hybridized carbons (Fsp3) is 0.600. The van der Waals surface area contributed by atoms with E-state index >= 15 is 0 Å². The summed E-state index contributed by atoms with van der Waals surface area (Å²) in [7, 11) is -4.53. The van der Waals surface area contributed by atoms with Crippen LogP contribution in [-0.4, -0.2) is 49.8 Å². The number of piperidine rings is 1. The first kappa shape index (κ1) is 25.0. The van der Waals surface area contributed by atoms with Crippen LogP contribution in [0.3, 0.4) is 0 Å². The minimum Gasteiger partial charge on any atom is -0.332 e. The van der Waals surface area contributed by atoms with Crippen molar-refractivity contribution in [2.75, 3.05) is 18.4 Å². The summed E-state index contributed by atoms with van der Waals surface area (Å²) in [5.74, 6) is -1.07. The molecular weight excluding hydrogens is 435 g/mol. The summed E-state index contributed by atoms with van der Waals surface area (Å²) in [5, 5.41) is 0.817. The Kier molecular flexibility index (Phi) is 7.61. The van der Waals surface area contributed by atoms with Crippen molar-refractivity contribution in [3.8, 4) is 0 Å². The van der Waals surface area contributed by atoms with Crippen molar-refractivity contribution in [1.29, 1.82) is 0 Å². The molecule has 1 aliphatic heterocycles. The van der Waals surface area contributed by atoms with Crippen LogP contribution in [0.5, 0.6) is 0 Å². The lowest BCUT2D eigenvalue weighted by molar-refractivity contribution is -0.163. The summed E-state index contributed by atoms with van der Waals surface area (Å²) in [6, 6.07) is 4.43. The number of benzene rings is 1. The Morgan fingerprint density at radius 1 is 1.16 bits per heavy atom. The minimum absolute atomic E-state index is 0.0430. The molecule has 2 N–H and O–H groups in total. The molecule has 0 bridgehead atoms. The van der Waals surface area contributed by atoms with Gasteiger partial charge in [-0.25, -0.2) is 17.9 Å². The molecule has 1 heterocycles. The van der Waals surface area contributed by atoms with Crippen LogP contribution in [0.4, 0.5) is 23.7 Å². The lowest BCUT2D eigenvalue weighted by Gasteiger charge is -2.32. The van der Waals surface area contributed by atoms with Gasteiger partial charge in [0.25, 0.3) is 0 Å². The van der Waals surface area contributed by atoms with Crippen molar-refractivity contribution >= 4 is 27.6 Å². The second-order valence-electron chi connectivity index (χ2n) is 8.23. The Balaban J connectivity index is 2.21. The molecular formula is C20H28F3N3O4S. The lowest BCUT2D eigenvalue weighted by Crippen LogP contribution is -2.54.